The number of aromatic nitrogens is 1. The van der Waals surface area contributed by atoms with Gasteiger partial charge in [-0.2, -0.15) is 0 Å². The van der Waals surface area contributed by atoms with Crippen LogP contribution in [-0.2, 0) is 28.6 Å². The number of piperidine rings is 1. The number of anilines is 1. The molecule has 10 atom stereocenters. The molecular weight excluding hydrogens is 1090 g/mol. The quantitative estimate of drug-likeness (QED) is 0.135. The monoisotopic (exact) mass is 1160 g/mol. The molecule has 7 heterocycles. The fraction of sp³-hybridized carbons (Fsp3) is 0.516. The number of pyridine rings is 2. The Morgan fingerprint density at radius 2 is 1.55 bits per heavy atom. The lowest BCUT2D eigenvalue weighted by atomic mass is 9.78. The maximum Gasteiger partial charge on any atom is 0.341 e. The van der Waals surface area contributed by atoms with Crippen molar-refractivity contribution in [3.8, 4) is 11.5 Å². The number of methoxy groups -OCH3 is 1. The highest BCUT2D eigenvalue weighted by Gasteiger charge is 2.53. The predicted octanol–water partition coefficient (Wildman–Crippen LogP) is 5.95. The molecule has 2 aromatic heterocycles. The minimum Gasteiger partial charge on any atom is -0.507 e. The highest BCUT2D eigenvalue weighted by molar-refractivity contribution is 6.32. The fourth-order valence-electron chi connectivity index (χ4n) is 12.8. The smallest absolute Gasteiger partial charge is 0.341 e. The predicted molar refractivity (Wildman–Crippen MR) is 303 cm³/mol. The molecule has 22 heteroatoms. The van der Waals surface area contributed by atoms with Gasteiger partial charge in [-0.05, 0) is 88.0 Å². The second kappa shape index (κ2) is 23.8. The molecule has 0 spiro atoms. The third-order valence-corrected chi connectivity index (χ3v) is 18.0. The van der Waals surface area contributed by atoms with Crippen LogP contribution in [0.5, 0.6) is 11.5 Å². The standard InChI is InChI=1S/C62H74FN5O16/c1-28-12-11-13-29(2)58(76)65-46-49(66-21-17-38(18-22-66)59(77)64-25-36-16-20-67(26-36)48-31(4)47-39(37-14-15-37)24-40(61(79)80)60(78)68(47)27-41(48)63)54(74)43-44(53(46)73)52(72)34(7)56-45(43)57(75)62(9,84-56)82-23-19-42(81-10)30(3)55(83-35(8)69)33(6)51(71)32(5)50(28)70/h11-13,19,23-24,27-28,30,32-33,36-38,42,50-51,55,70-72H,14-18,20-22,25-26H2,1-10H3,(H,64,77)(H,65,76)(H,79,80)/t28-,30+,32+,33+,36?,42-,50-,51+,55+,62-/m0/s1. The van der Waals surface area contributed by atoms with E-state index in [1.807, 2.05) is 4.90 Å². The highest BCUT2D eigenvalue weighted by atomic mass is 19.1. The Morgan fingerprint density at radius 3 is 2.19 bits per heavy atom. The number of carboxylic acids is 1. The van der Waals surface area contributed by atoms with E-state index in [4.69, 9.17) is 18.9 Å². The fourth-order valence-corrected chi connectivity index (χ4v) is 12.8. The number of aromatic carboxylic acids is 1. The number of aliphatic hydroxyl groups excluding tert-OH is 2. The van der Waals surface area contributed by atoms with E-state index in [1.165, 1.54) is 59.1 Å². The average Bonchev–Trinajstić information content (AvgIpc) is 1.43. The Labute approximate surface area is 485 Å². The highest BCUT2D eigenvalue weighted by Crippen LogP contribution is 2.50. The number of carbonyl (C=O) groups excluding carboxylic acids is 6. The molecule has 2 aliphatic carbocycles. The maximum atomic E-state index is 16.0. The number of benzene rings is 1. The number of carbonyl (C=O) groups is 7. The van der Waals surface area contributed by atoms with Crippen molar-refractivity contribution in [1.29, 1.82) is 0 Å². The molecule has 3 aromatic rings. The number of amides is 2. The first-order valence-corrected chi connectivity index (χ1v) is 28.6. The van der Waals surface area contributed by atoms with Gasteiger partial charge < -0.3 is 59.8 Å². The van der Waals surface area contributed by atoms with Crippen molar-refractivity contribution in [1.82, 2.24) is 19.9 Å². The number of halogens is 1. The van der Waals surface area contributed by atoms with Crippen LogP contribution < -0.4 is 25.8 Å². The summed E-state index contributed by atoms with van der Waals surface area (Å²) in [7, 11) is 1.40. The SMILES string of the molecule is CO[C@H]1C=CO[C@@]2(C)Oc3c(C)c(O)c4c(c3C2=O)C(=O)C(N2CCC(C(=O)NCC3CCN(c5c(F)cn6c(=O)c(C(=O)O)cc(C7CC7)c6c5C)C3)CC2)=C(NC(=O)C(C)=CC=C[C@H](C)[C@H](O)[C@@H](C)[C@@H](O)[C@@H](C)[C@H](OC(C)=O)[C@@H]1C)C4=O. The first-order chi connectivity index (χ1) is 39.7. The van der Waals surface area contributed by atoms with Gasteiger partial charge in [-0.1, -0.05) is 45.9 Å². The van der Waals surface area contributed by atoms with E-state index < -0.39 is 135 Å². The molecule has 1 saturated carbocycles. The number of aliphatic hydroxyl groups is 2. The number of hydrogen-bond donors (Lipinski definition) is 6. The molecule has 2 amide bonds. The number of rotatable bonds is 9. The van der Waals surface area contributed by atoms with Crippen LogP contribution in [-0.4, -0.2) is 141 Å². The molecule has 10 rings (SSSR count). The van der Waals surface area contributed by atoms with Gasteiger partial charge >= 0.3 is 17.7 Å². The number of allylic oxidation sites excluding steroid dienone is 4. The van der Waals surface area contributed by atoms with Gasteiger partial charge in [0.05, 0.1) is 58.7 Å². The molecule has 6 N–H and O–H groups in total. The Kier molecular flexibility index (Phi) is 17.2. The van der Waals surface area contributed by atoms with Crippen LogP contribution in [0.15, 0.2) is 64.6 Å². The number of ketones is 3. The van der Waals surface area contributed by atoms with Crippen molar-refractivity contribution in [3.63, 3.8) is 0 Å². The zero-order chi connectivity index (χ0) is 61.1. The molecule has 1 aromatic carbocycles. The van der Waals surface area contributed by atoms with Crippen LogP contribution in [0, 0.1) is 55.2 Å². The minimum atomic E-state index is -2.18. The largest absolute Gasteiger partial charge is 0.507 e. The summed E-state index contributed by atoms with van der Waals surface area (Å²) in [5, 5.41) is 50.4. The zero-order valence-corrected chi connectivity index (χ0v) is 48.9. The van der Waals surface area contributed by atoms with Crippen LogP contribution in [0.25, 0.3) is 5.52 Å². The molecule has 21 nitrogen and oxygen atoms in total. The van der Waals surface area contributed by atoms with E-state index in [-0.39, 0.29) is 78.4 Å². The summed E-state index contributed by atoms with van der Waals surface area (Å²) in [6, 6.07) is 1.42. The summed E-state index contributed by atoms with van der Waals surface area (Å²) in [5.74, 6) is -12.8. The van der Waals surface area contributed by atoms with Gasteiger partial charge in [-0.3, -0.25) is 38.0 Å². The minimum absolute atomic E-state index is 0.0376. The summed E-state index contributed by atoms with van der Waals surface area (Å²) in [5.41, 5.74) is -1.26. The second-order valence-corrected chi connectivity index (χ2v) is 23.7. The summed E-state index contributed by atoms with van der Waals surface area (Å²) in [6.45, 7) is 15.1. The van der Waals surface area contributed by atoms with E-state index in [0.717, 1.165) is 29.7 Å². The van der Waals surface area contributed by atoms with Gasteiger partial charge in [0.2, 0.25) is 17.5 Å². The third kappa shape index (κ3) is 11.1. The number of fused-ring (bicyclic) bond motifs is 15. The number of esters is 1. The molecule has 0 radical (unpaired) electrons. The number of likely N-dealkylation sites (tertiary alicyclic amines) is 1. The molecule has 5 aliphatic heterocycles. The Morgan fingerprint density at radius 1 is 0.869 bits per heavy atom. The number of Topliss-reactive ketones (excluding diaryl/α,β-unsaturated/α-hetero) is 3. The number of aryl methyl sites for hydroxylation is 1. The molecule has 2 saturated heterocycles. The number of aromatic hydroxyl groups is 1. The maximum absolute atomic E-state index is 16.0. The normalized spacial score (nSPS) is 28.1. The number of ether oxygens (including phenoxy) is 4. The lowest BCUT2D eigenvalue weighted by molar-refractivity contribution is -0.160. The third-order valence-electron chi connectivity index (χ3n) is 18.0. The molecule has 3 fully saturated rings. The summed E-state index contributed by atoms with van der Waals surface area (Å²) < 4.78 is 40.9. The van der Waals surface area contributed by atoms with E-state index in [1.54, 1.807) is 45.6 Å². The van der Waals surface area contributed by atoms with Crippen LogP contribution in [0.2, 0.25) is 0 Å². The van der Waals surface area contributed by atoms with Gasteiger partial charge in [0.25, 0.3) is 17.2 Å². The van der Waals surface area contributed by atoms with Gasteiger partial charge in [0.15, 0.2) is 5.82 Å². The van der Waals surface area contributed by atoms with Crippen molar-refractivity contribution in [3.05, 3.63) is 115 Å². The number of nitrogens with one attached hydrogen (secondary N) is 2. The summed E-state index contributed by atoms with van der Waals surface area (Å²) >= 11 is 0. The van der Waals surface area contributed by atoms with Crippen molar-refractivity contribution in [2.24, 2.45) is 35.5 Å². The molecule has 84 heavy (non-hydrogen) atoms. The van der Waals surface area contributed by atoms with Gasteiger partial charge in [0.1, 0.15) is 34.6 Å². The first-order valence-electron chi connectivity index (χ1n) is 28.6. The Balaban J connectivity index is 0.976. The molecule has 7 aliphatic rings. The number of hydrogen-bond acceptors (Lipinski definition) is 17. The van der Waals surface area contributed by atoms with E-state index in [9.17, 15) is 49.2 Å². The van der Waals surface area contributed by atoms with Crippen molar-refractivity contribution < 1.29 is 77.3 Å². The molecule has 5 bridgehead atoms. The van der Waals surface area contributed by atoms with Crippen molar-refractivity contribution >= 4 is 52.3 Å². The number of carboxylic acid groups (broad SMARTS) is 1. The Bertz CT molecular complexity index is 3440. The van der Waals surface area contributed by atoms with E-state index in [2.05, 4.69) is 10.6 Å². The average molecular weight is 1160 g/mol. The topological polar surface area (TPSA) is 289 Å². The van der Waals surface area contributed by atoms with Crippen LogP contribution in [0.4, 0.5) is 10.1 Å². The van der Waals surface area contributed by atoms with Crippen LogP contribution in [0.3, 0.4) is 0 Å². The summed E-state index contributed by atoms with van der Waals surface area (Å²) in [4.78, 5) is 114. The first kappa shape index (κ1) is 60.9. The number of phenols is 1. The van der Waals surface area contributed by atoms with Crippen molar-refractivity contribution in [2.75, 3.05) is 44.7 Å². The van der Waals surface area contributed by atoms with E-state index >= 15 is 14.0 Å². The molecule has 450 valence electrons. The lowest BCUT2D eigenvalue weighted by Crippen LogP contribution is -2.46. The van der Waals surface area contributed by atoms with Crippen LogP contribution in [0.1, 0.15) is 145 Å². The number of phenolic OH excluding ortho intramolecular Hbond substituents is 1. The van der Waals surface area contributed by atoms with Gasteiger partial charge in [0, 0.05) is 94.4 Å². The van der Waals surface area contributed by atoms with E-state index in [0.29, 0.717) is 41.8 Å². The van der Waals surface area contributed by atoms with Crippen molar-refractivity contribution in [2.45, 2.75) is 131 Å². The molecular formula is C62H74FN5O16. The lowest BCUT2D eigenvalue weighted by Gasteiger charge is -2.38. The molecule has 1 unspecified atom stereocenters. The van der Waals surface area contributed by atoms with Crippen LogP contribution >= 0.6 is 0 Å². The number of nitrogens with zero attached hydrogens (tertiary/aromatic N) is 3. The van der Waals surface area contributed by atoms with Gasteiger partial charge in [-0.25, -0.2) is 9.18 Å². The van der Waals surface area contributed by atoms with Gasteiger partial charge in [-0.15, -0.1) is 0 Å². The zero-order valence-electron chi connectivity index (χ0n) is 48.9. The second-order valence-electron chi connectivity index (χ2n) is 23.7. The Hall–Kier alpha value is -7.69. The summed E-state index contributed by atoms with van der Waals surface area (Å²) in [6.07, 6.45) is 6.76.